The van der Waals surface area contributed by atoms with E-state index in [4.69, 9.17) is 9.72 Å². The molecular formula is C30H38N4O2. The number of ether oxygens (including phenoxy) is 1. The normalized spacial score (nSPS) is 17.0. The molecule has 2 aliphatic rings. The van der Waals surface area contributed by atoms with Crippen LogP contribution in [-0.4, -0.2) is 54.6 Å². The van der Waals surface area contributed by atoms with E-state index in [9.17, 15) is 4.79 Å². The van der Waals surface area contributed by atoms with E-state index in [1.165, 1.54) is 49.9 Å². The van der Waals surface area contributed by atoms with E-state index in [0.717, 1.165) is 54.4 Å². The summed E-state index contributed by atoms with van der Waals surface area (Å²) in [5, 5.41) is 4.03. The number of amides is 1. The van der Waals surface area contributed by atoms with Crippen molar-refractivity contribution < 1.29 is 9.53 Å². The number of aryl methyl sites for hydroxylation is 2. The summed E-state index contributed by atoms with van der Waals surface area (Å²) < 4.78 is 5.67. The van der Waals surface area contributed by atoms with Crippen molar-refractivity contribution in [2.24, 2.45) is 0 Å². The van der Waals surface area contributed by atoms with Crippen molar-refractivity contribution in [1.82, 2.24) is 9.88 Å². The van der Waals surface area contributed by atoms with Crippen LogP contribution >= 0.6 is 0 Å². The predicted octanol–water partition coefficient (Wildman–Crippen LogP) is 5.58. The molecule has 3 aromatic rings. The molecule has 2 saturated heterocycles. The first kappa shape index (κ1) is 24.6. The van der Waals surface area contributed by atoms with E-state index in [0.29, 0.717) is 5.75 Å². The third-order valence-electron chi connectivity index (χ3n) is 7.56. The number of rotatable bonds is 8. The molecule has 0 atom stereocenters. The minimum Gasteiger partial charge on any atom is -0.484 e. The summed E-state index contributed by atoms with van der Waals surface area (Å²) in [7, 11) is 0. The summed E-state index contributed by atoms with van der Waals surface area (Å²) >= 11 is 0. The summed E-state index contributed by atoms with van der Waals surface area (Å²) in [5.74, 6) is 1.60. The van der Waals surface area contributed by atoms with Gasteiger partial charge in [-0.25, -0.2) is 4.98 Å². The monoisotopic (exact) mass is 486 g/mol. The SMILES string of the molecule is CCCc1ccc(OCC(=O)Nc2ccc3nc(N4CCC(N5CCCC5)CC4)cc(C)c3c2)cc1. The average Bonchev–Trinajstić information content (AvgIpc) is 3.44. The molecule has 0 saturated carbocycles. The van der Waals surface area contributed by atoms with E-state index in [2.05, 4.69) is 47.2 Å². The minimum absolute atomic E-state index is 0.0191. The molecule has 1 aromatic heterocycles. The van der Waals surface area contributed by atoms with Gasteiger partial charge in [0.25, 0.3) is 5.91 Å². The molecule has 0 bridgehead atoms. The second kappa shape index (κ2) is 11.3. The molecule has 2 aliphatic heterocycles. The van der Waals surface area contributed by atoms with Crippen LogP contribution in [-0.2, 0) is 11.2 Å². The largest absolute Gasteiger partial charge is 0.484 e. The van der Waals surface area contributed by atoms with Gasteiger partial charge in [-0.1, -0.05) is 25.5 Å². The van der Waals surface area contributed by atoms with Crippen LogP contribution in [0.1, 0.15) is 50.2 Å². The zero-order valence-electron chi connectivity index (χ0n) is 21.6. The highest BCUT2D eigenvalue weighted by molar-refractivity contribution is 5.95. The minimum atomic E-state index is -0.171. The lowest BCUT2D eigenvalue weighted by Gasteiger charge is -2.37. The van der Waals surface area contributed by atoms with E-state index in [-0.39, 0.29) is 12.5 Å². The molecule has 3 heterocycles. The number of fused-ring (bicyclic) bond motifs is 1. The van der Waals surface area contributed by atoms with Gasteiger partial charge in [0.2, 0.25) is 0 Å². The van der Waals surface area contributed by atoms with E-state index in [1.807, 2.05) is 30.3 Å². The molecule has 6 nitrogen and oxygen atoms in total. The van der Waals surface area contributed by atoms with Gasteiger partial charge in [-0.05, 0) is 99.6 Å². The van der Waals surface area contributed by atoms with Gasteiger partial charge in [0, 0.05) is 30.2 Å². The molecule has 2 aromatic carbocycles. The lowest BCUT2D eigenvalue weighted by atomic mass is 10.0. The molecule has 6 heteroatoms. The molecule has 1 N–H and O–H groups in total. The lowest BCUT2D eigenvalue weighted by Crippen LogP contribution is -2.44. The maximum Gasteiger partial charge on any atom is 0.262 e. The number of carbonyl (C=O) groups is 1. The fraction of sp³-hybridized carbons (Fsp3) is 0.467. The number of nitrogens with one attached hydrogen (secondary N) is 1. The number of hydrogen-bond acceptors (Lipinski definition) is 5. The predicted molar refractivity (Wildman–Crippen MR) is 147 cm³/mol. The number of pyridine rings is 1. The van der Waals surface area contributed by atoms with Crippen LogP contribution in [0.2, 0.25) is 0 Å². The van der Waals surface area contributed by atoms with E-state index >= 15 is 0 Å². The molecule has 0 radical (unpaired) electrons. The first-order chi connectivity index (χ1) is 17.6. The third kappa shape index (κ3) is 5.81. The molecule has 190 valence electrons. The first-order valence-electron chi connectivity index (χ1n) is 13.5. The Balaban J connectivity index is 1.18. The Morgan fingerprint density at radius 1 is 1.03 bits per heavy atom. The first-order valence-corrected chi connectivity index (χ1v) is 13.5. The fourth-order valence-corrected chi connectivity index (χ4v) is 5.57. The van der Waals surface area contributed by atoms with Crippen molar-refractivity contribution in [3.05, 3.63) is 59.7 Å². The topological polar surface area (TPSA) is 57.7 Å². The van der Waals surface area contributed by atoms with Crippen LogP contribution in [0.5, 0.6) is 5.75 Å². The summed E-state index contributed by atoms with van der Waals surface area (Å²) in [6.07, 6.45) is 7.31. The maximum absolute atomic E-state index is 12.5. The van der Waals surface area contributed by atoms with E-state index < -0.39 is 0 Å². The summed E-state index contributed by atoms with van der Waals surface area (Å²) in [4.78, 5) is 22.6. The van der Waals surface area contributed by atoms with Gasteiger partial charge in [-0.15, -0.1) is 0 Å². The molecule has 1 amide bonds. The number of piperidine rings is 1. The Kier molecular flexibility index (Phi) is 7.71. The standard InChI is InChI=1S/C30H38N4O2/c1-3-6-23-7-10-26(11-8-23)36-21-30(35)31-24-9-12-28-27(20-24)22(2)19-29(32-28)34-17-13-25(14-18-34)33-15-4-5-16-33/h7-12,19-20,25H,3-6,13-18,21H2,1-2H3,(H,31,35). The van der Waals surface area contributed by atoms with Crippen molar-refractivity contribution in [3.63, 3.8) is 0 Å². The Morgan fingerprint density at radius 3 is 2.50 bits per heavy atom. The van der Waals surface area contributed by atoms with Crippen molar-refractivity contribution >= 4 is 28.3 Å². The number of nitrogens with zero attached hydrogens (tertiary/aromatic N) is 3. The van der Waals surface area contributed by atoms with Gasteiger partial charge in [-0.3, -0.25) is 4.79 Å². The van der Waals surface area contributed by atoms with Gasteiger partial charge >= 0.3 is 0 Å². The molecule has 36 heavy (non-hydrogen) atoms. The second-order valence-electron chi connectivity index (χ2n) is 10.2. The summed E-state index contributed by atoms with van der Waals surface area (Å²) in [6, 6.07) is 16.8. The van der Waals surface area contributed by atoms with E-state index in [1.54, 1.807) is 0 Å². The van der Waals surface area contributed by atoms with Gasteiger partial charge in [0.15, 0.2) is 6.61 Å². The lowest BCUT2D eigenvalue weighted by molar-refractivity contribution is -0.118. The van der Waals surface area contributed by atoms with Gasteiger partial charge in [-0.2, -0.15) is 0 Å². The molecule has 0 unspecified atom stereocenters. The smallest absolute Gasteiger partial charge is 0.262 e. The molecule has 0 spiro atoms. The third-order valence-corrected chi connectivity index (χ3v) is 7.56. The Hall–Kier alpha value is -3.12. The van der Waals surface area contributed by atoms with Gasteiger partial charge in [0.05, 0.1) is 5.52 Å². The highest BCUT2D eigenvalue weighted by atomic mass is 16.5. The van der Waals surface area contributed by atoms with Gasteiger partial charge < -0.3 is 19.9 Å². The Labute approximate surface area is 214 Å². The summed E-state index contributed by atoms with van der Waals surface area (Å²) in [5.41, 5.74) is 4.19. The Bertz CT molecular complexity index is 1180. The highest BCUT2D eigenvalue weighted by Gasteiger charge is 2.27. The molecule has 2 fully saturated rings. The van der Waals surface area contributed by atoms with Crippen LogP contribution in [0, 0.1) is 6.92 Å². The summed E-state index contributed by atoms with van der Waals surface area (Å²) in [6.45, 7) is 8.94. The molecule has 0 aliphatic carbocycles. The van der Waals surface area contributed by atoms with Crippen LogP contribution in [0.3, 0.4) is 0 Å². The number of anilines is 2. The highest BCUT2D eigenvalue weighted by Crippen LogP contribution is 2.28. The van der Waals surface area contributed by atoms with Crippen molar-refractivity contribution in [1.29, 1.82) is 0 Å². The molecular weight excluding hydrogens is 448 g/mol. The van der Waals surface area contributed by atoms with Crippen LogP contribution in [0.4, 0.5) is 11.5 Å². The number of carbonyl (C=O) groups excluding carboxylic acids is 1. The van der Waals surface area contributed by atoms with Crippen LogP contribution in [0.15, 0.2) is 48.5 Å². The fourth-order valence-electron chi connectivity index (χ4n) is 5.57. The van der Waals surface area contributed by atoms with Crippen molar-refractivity contribution in [3.8, 4) is 5.75 Å². The zero-order valence-corrected chi connectivity index (χ0v) is 21.6. The number of benzene rings is 2. The maximum atomic E-state index is 12.5. The quantitative estimate of drug-likeness (QED) is 0.451. The molecule has 5 rings (SSSR count). The van der Waals surface area contributed by atoms with Gasteiger partial charge in [0.1, 0.15) is 11.6 Å². The van der Waals surface area contributed by atoms with Crippen molar-refractivity contribution in [2.45, 2.75) is 58.4 Å². The second-order valence-corrected chi connectivity index (χ2v) is 10.2. The van der Waals surface area contributed by atoms with Crippen LogP contribution < -0.4 is 15.0 Å². The van der Waals surface area contributed by atoms with Crippen molar-refractivity contribution in [2.75, 3.05) is 43.0 Å². The number of likely N-dealkylation sites (tertiary alicyclic amines) is 1. The van der Waals surface area contributed by atoms with Crippen LogP contribution in [0.25, 0.3) is 10.9 Å². The number of hydrogen-bond donors (Lipinski definition) is 1. The average molecular weight is 487 g/mol. The number of aromatic nitrogens is 1. The zero-order chi connectivity index (χ0) is 24.9. The Morgan fingerprint density at radius 2 is 1.78 bits per heavy atom.